The third-order valence-corrected chi connectivity index (χ3v) is 6.13. The Labute approximate surface area is 74.7 Å². The molecule has 0 aromatic rings. The minimum Gasteiger partial charge on any atom is -0.0622 e. The SMILES string of the molecule is CC1CC2C(C)C3CCC4C1C324. The molecule has 0 aromatic carbocycles. The van der Waals surface area contributed by atoms with E-state index in [0.717, 1.165) is 17.3 Å². The van der Waals surface area contributed by atoms with E-state index in [-0.39, 0.29) is 0 Å². The van der Waals surface area contributed by atoms with E-state index >= 15 is 0 Å². The van der Waals surface area contributed by atoms with Crippen LogP contribution in [0.15, 0.2) is 0 Å². The molecular formula is C12H18. The van der Waals surface area contributed by atoms with Crippen LogP contribution in [-0.2, 0) is 0 Å². The Balaban J connectivity index is 1.83. The van der Waals surface area contributed by atoms with Gasteiger partial charge in [0.25, 0.3) is 0 Å². The molecule has 7 atom stereocenters. The summed E-state index contributed by atoms with van der Waals surface area (Å²) in [6.45, 7) is 5.04. The second-order valence-corrected chi connectivity index (χ2v) is 5.99. The van der Waals surface area contributed by atoms with Crippen LogP contribution in [0.5, 0.6) is 0 Å². The molecule has 1 spiro atoms. The summed E-state index contributed by atoms with van der Waals surface area (Å²) in [5, 5.41) is 0. The second kappa shape index (κ2) is 1.51. The van der Waals surface area contributed by atoms with Crippen molar-refractivity contribution in [2.45, 2.75) is 33.1 Å². The van der Waals surface area contributed by atoms with Gasteiger partial charge in [-0.1, -0.05) is 13.8 Å². The molecule has 0 N–H and O–H groups in total. The van der Waals surface area contributed by atoms with Crippen molar-refractivity contribution < 1.29 is 0 Å². The van der Waals surface area contributed by atoms with Crippen molar-refractivity contribution in [3.8, 4) is 0 Å². The maximum absolute atomic E-state index is 2.52. The molecule has 7 unspecified atom stereocenters. The highest BCUT2D eigenvalue weighted by molar-refractivity contribution is 5.31. The van der Waals surface area contributed by atoms with Gasteiger partial charge >= 0.3 is 0 Å². The van der Waals surface area contributed by atoms with E-state index in [1.807, 2.05) is 0 Å². The van der Waals surface area contributed by atoms with E-state index in [1.165, 1.54) is 23.7 Å². The lowest BCUT2D eigenvalue weighted by Gasteiger charge is -2.49. The van der Waals surface area contributed by atoms with Crippen LogP contribution in [0, 0.1) is 40.9 Å². The lowest BCUT2D eigenvalue weighted by Crippen LogP contribution is -2.44. The Morgan fingerprint density at radius 3 is 2.50 bits per heavy atom. The summed E-state index contributed by atoms with van der Waals surface area (Å²) in [7, 11) is 0. The first kappa shape index (κ1) is 6.45. The summed E-state index contributed by atoms with van der Waals surface area (Å²) in [5.41, 5.74) is 0.971. The van der Waals surface area contributed by atoms with Gasteiger partial charge in [0.05, 0.1) is 0 Å². The smallest absolute Gasteiger partial charge is 0.0171 e. The van der Waals surface area contributed by atoms with Crippen molar-refractivity contribution in [2.75, 3.05) is 0 Å². The van der Waals surface area contributed by atoms with Gasteiger partial charge < -0.3 is 0 Å². The summed E-state index contributed by atoms with van der Waals surface area (Å²) in [6, 6.07) is 0. The lowest BCUT2D eigenvalue weighted by molar-refractivity contribution is -0.0136. The molecular weight excluding hydrogens is 144 g/mol. The van der Waals surface area contributed by atoms with Crippen molar-refractivity contribution in [3.05, 3.63) is 0 Å². The summed E-state index contributed by atoms with van der Waals surface area (Å²) in [4.78, 5) is 0. The van der Waals surface area contributed by atoms with Gasteiger partial charge in [-0.05, 0) is 60.2 Å². The van der Waals surface area contributed by atoms with Gasteiger partial charge in [0.2, 0.25) is 0 Å². The Bertz CT molecular complexity index is 253. The standard InChI is InChI=1S/C12H18/c1-6-5-10-7(2)8-3-4-9-11(6)12(8,9)10/h6-11H,3-5H2,1-2H3. The number of rotatable bonds is 0. The number of fused-ring (bicyclic) bond motifs is 1. The molecule has 0 radical (unpaired) electrons. The van der Waals surface area contributed by atoms with Crippen LogP contribution >= 0.6 is 0 Å². The van der Waals surface area contributed by atoms with Crippen LogP contribution in [-0.4, -0.2) is 0 Å². The summed E-state index contributed by atoms with van der Waals surface area (Å²) >= 11 is 0. The van der Waals surface area contributed by atoms with Crippen molar-refractivity contribution in [3.63, 3.8) is 0 Å². The van der Waals surface area contributed by atoms with Crippen LogP contribution in [0.25, 0.3) is 0 Å². The summed E-state index contributed by atoms with van der Waals surface area (Å²) < 4.78 is 0. The van der Waals surface area contributed by atoms with E-state index in [2.05, 4.69) is 13.8 Å². The highest BCUT2D eigenvalue weighted by Crippen LogP contribution is 2.89. The molecule has 0 saturated heterocycles. The molecule has 4 saturated carbocycles. The largest absolute Gasteiger partial charge is 0.0622 e. The first-order valence-electron chi connectivity index (χ1n) is 5.78. The predicted molar refractivity (Wildman–Crippen MR) is 48.6 cm³/mol. The minimum atomic E-state index is 0.971. The van der Waals surface area contributed by atoms with Gasteiger partial charge in [-0.25, -0.2) is 0 Å². The molecule has 66 valence electrons. The Hall–Kier alpha value is 0. The maximum atomic E-state index is 2.52. The second-order valence-electron chi connectivity index (χ2n) is 5.99. The predicted octanol–water partition coefficient (Wildman–Crippen LogP) is 2.93. The molecule has 0 aliphatic heterocycles. The fourth-order valence-electron chi connectivity index (χ4n) is 6.08. The fraction of sp³-hybridized carbons (Fsp3) is 1.00. The topological polar surface area (TPSA) is 0 Å². The molecule has 0 nitrogen and oxygen atoms in total. The highest BCUT2D eigenvalue weighted by atomic mass is 14.9. The molecule has 12 heavy (non-hydrogen) atoms. The van der Waals surface area contributed by atoms with Gasteiger partial charge in [0.15, 0.2) is 0 Å². The van der Waals surface area contributed by atoms with E-state index in [4.69, 9.17) is 0 Å². The summed E-state index contributed by atoms with van der Waals surface area (Å²) in [6.07, 6.45) is 4.77. The lowest BCUT2D eigenvalue weighted by atomic mass is 9.56. The van der Waals surface area contributed by atoms with Gasteiger partial charge in [-0.2, -0.15) is 0 Å². The zero-order chi connectivity index (χ0) is 8.09. The molecule has 0 heteroatoms. The van der Waals surface area contributed by atoms with Gasteiger partial charge in [0.1, 0.15) is 0 Å². The zero-order valence-electron chi connectivity index (χ0n) is 8.09. The molecule has 0 bridgehead atoms. The fourth-order valence-corrected chi connectivity index (χ4v) is 6.08. The Kier molecular flexibility index (Phi) is 0.811. The average Bonchev–Trinajstić information content (AvgIpc) is 2.51. The third-order valence-electron chi connectivity index (χ3n) is 6.13. The van der Waals surface area contributed by atoms with Gasteiger partial charge in [-0.3, -0.25) is 0 Å². The third kappa shape index (κ3) is 0.367. The quantitative estimate of drug-likeness (QED) is 0.514. The monoisotopic (exact) mass is 162 g/mol. The van der Waals surface area contributed by atoms with Crippen LogP contribution in [0.4, 0.5) is 0 Å². The molecule has 0 amide bonds. The summed E-state index contributed by atoms with van der Waals surface area (Å²) in [5.74, 6) is 6.97. The molecule has 0 aromatic heterocycles. The van der Waals surface area contributed by atoms with Crippen molar-refractivity contribution in [2.24, 2.45) is 40.9 Å². The minimum absolute atomic E-state index is 0.971. The van der Waals surface area contributed by atoms with Crippen LogP contribution in [0.1, 0.15) is 33.1 Å². The zero-order valence-corrected chi connectivity index (χ0v) is 8.09. The average molecular weight is 162 g/mol. The van der Waals surface area contributed by atoms with E-state index in [1.54, 1.807) is 19.3 Å². The van der Waals surface area contributed by atoms with Gasteiger partial charge in [0, 0.05) is 0 Å². The van der Waals surface area contributed by atoms with Crippen LogP contribution in [0.3, 0.4) is 0 Å². The first-order chi connectivity index (χ1) is 5.78. The van der Waals surface area contributed by atoms with E-state index in [0.29, 0.717) is 0 Å². The maximum Gasteiger partial charge on any atom is -0.0171 e. The number of hydrogen-bond donors (Lipinski definition) is 0. The number of hydrogen-bond acceptors (Lipinski definition) is 0. The molecule has 4 fully saturated rings. The first-order valence-corrected chi connectivity index (χ1v) is 5.78. The van der Waals surface area contributed by atoms with Crippen LogP contribution in [0.2, 0.25) is 0 Å². The van der Waals surface area contributed by atoms with Crippen LogP contribution < -0.4 is 0 Å². The Morgan fingerprint density at radius 2 is 1.75 bits per heavy atom. The van der Waals surface area contributed by atoms with Gasteiger partial charge in [-0.15, -0.1) is 0 Å². The molecule has 4 aliphatic rings. The van der Waals surface area contributed by atoms with Crippen molar-refractivity contribution in [1.82, 2.24) is 0 Å². The molecule has 0 heterocycles. The Morgan fingerprint density at radius 1 is 1.00 bits per heavy atom. The highest BCUT2D eigenvalue weighted by Gasteiger charge is 2.84. The van der Waals surface area contributed by atoms with Crippen molar-refractivity contribution in [1.29, 1.82) is 0 Å². The molecule has 4 aliphatic carbocycles. The van der Waals surface area contributed by atoms with E-state index in [9.17, 15) is 0 Å². The van der Waals surface area contributed by atoms with E-state index < -0.39 is 0 Å². The molecule has 4 rings (SSSR count). The van der Waals surface area contributed by atoms with Crippen molar-refractivity contribution >= 4 is 0 Å². The normalized spacial score (nSPS) is 76.5.